The van der Waals surface area contributed by atoms with Crippen LogP contribution in [-0.2, 0) is 0 Å². The maximum Gasteiger partial charge on any atom is 0.231 e. The first-order valence-corrected chi connectivity index (χ1v) is 9.09. The third-order valence-corrected chi connectivity index (χ3v) is 4.87. The molecule has 3 heterocycles. The lowest BCUT2D eigenvalue weighted by Gasteiger charge is -2.14. The first-order chi connectivity index (χ1) is 13.7. The average Bonchev–Trinajstić information content (AvgIpc) is 3.35. The van der Waals surface area contributed by atoms with Crippen molar-refractivity contribution in [3.05, 3.63) is 67.0 Å². The van der Waals surface area contributed by atoms with Gasteiger partial charge >= 0.3 is 0 Å². The van der Waals surface area contributed by atoms with Gasteiger partial charge in [-0.25, -0.2) is 4.98 Å². The van der Waals surface area contributed by atoms with E-state index in [1.54, 1.807) is 0 Å². The summed E-state index contributed by atoms with van der Waals surface area (Å²) in [4.78, 5) is 6.63. The maximum atomic E-state index is 5.52. The van der Waals surface area contributed by atoms with Crippen LogP contribution in [0.1, 0.15) is 0 Å². The molecule has 6 nitrogen and oxygen atoms in total. The summed E-state index contributed by atoms with van der Waals surface area (Å²) in [5.41, 5.74) is 5.27. The Labute approximate surface area is 163 Å². The summed E-state index contributed by atoms with van der Waals surface area (Å²) in [5, 5.41) is 3.45. The molecular weight excluding hydrogens is 352 g/mol. The molecular formula is C22H20N4O2. The van der Waals surface area contributed by atoms with Crippen LogP contribution >= 0.6 is 0 Å². The van der Waals surface area contributed by atoms with Crippen molar-refractivity contribution in [3.63, 3.8) is 0 Å². The molecule has 0 aliphatic carbocycles. The largest absolute Gasteiger partial charge is 0.454 e. The molecule has 0 radical (unpaired) electrons. The van der Waals surface area contributed by atoms with E-state index >= 15 is 0 Å². The van der Waals surface area contributed by atoms with Crippen LogP contribution < -0.4 is 19.7 Å². The highest BCUT2D eigenvalue weighted by Crippen LogP contribution is 2.37. The predicted octanol–water partition coefficient (Wildman–Crippen LogP) is 4.54. The van der Waals surface area contributed by atoms with Crippen LogP contribution in [0.3, 0.4) is 0 Å². The molecule has 0 spiro atoms. The minimum absolute atomic E-state index is 0.275. The second kappa shape index (κ2) is 6.49. The van der Waals surface area contributed by atoms with E-state index in [1.807, 2.05) is 56.8 Å². The lowest BCUT2D eigenvalue weighted by atomic mass is 10.1. The third kappa shape index (κ3) is 2.79. The summed E-state index contributed by atoms with van der Waals surface area (Å²) >= 11 is 0. The third-order valence-electron chi connectivity index (χ3n) is 4.87. The summed E-state index contributed by atoms with van der Waals surface area (Å²) in [7, 11) is 4.06. The van der Waals surface area contributed by atoms with Gasteiger partial charge in [0.2, 0.25) is 6.79 Å². The Kier molecular flexibility index (Phi) is 3.83. The number of nitrogens with zero attached hydrogens (tertiary/aromatic N) is 3. The van der Waals surface area contributed by atoms with E-state index in [9.17, 15) is 0 Å². The summed E-state index contributed by atoms with van der Waals surface area (Å²) < 4.78 is 13.1. The highest BCUT2D eigenvalue weighted by molar-refractivity contribution is 5.79. The van der Waals surface area contributed by atoms with Gasteiger partial charge in [-0.15, -0.1) is 0 Å². The number of aromatic nitrogens is 2. The molecule has 1 aliphatic rings. The Balaban J connectivity index is 1.53. The minimum atomic E-state index is 0.275. The van der Waals surface area contributed by atoms with Gasteiger partial charge < -0.3 is 24.1 Å². The van der Waals surface area contributed by atoms with Gasteiger partial charge in [-0.3, -0.25) is 0 Å². The van der Waals surface area contributed by atoms with Crippen molar-refractivity contribution < 1.29 is 9.47 Å². The minimum Gasteiger partial charge on any atom is -0.454 e. The van der Waals surface area contributed by atoms with E-state index in [-0.39, 0.29) is 6.79 Å². The van der Waals surface area contributed by atoms with Gasteiger partial charge in [-0.05, 0) is 48.5 Å². The second-order valence-corrected chi connectivity index (χ2v) is 6.89. The summed E-state index contributed by atoms with van der Waals surface area (Å²) in [6, 6.07) is 18.4. The number of ether oxygens (including phenoxy) is 2. The zero-order valence-electron chi connectivity index (χ0n) is 15.7. The highest BCUT2D eigenvalue weighted by atomic mass is 16.7. The zero-order valence-corrected chi connectivity index (χ0v) is 15.7. The fourth-order valence-electron chi connectivity index (χ4n) is 3.43. The first-order valence-electron chi connectivity index (χ1n) is 9.09. The molecule has 28 heavy (non-hydrogen) atoms. The average molecular weight is 372 g/mol. The van der Waals surface area contributed by atoms with E-state index in [0.29, 0.717) is 0 Å². The Morgan fingerprint density at radius 2 is 1.89 bits per heavy atom. The van der Waals surface area contributed by atoms with Crippen LogP contribution in [0, 0.1) is 0 Å². The molecule has 4 aromatic rings. The molecule has 0 saturated carbocycles. The Morgan fingerprint density at radius 3 is 2.79 bits per heavy atom. The van der Waals surface area contributed by atoms with Crippen molar-refractivity contribution in [3.8, 4) is 22.8 Å². The van der Waals surface area contributed by atoms with Crippen LogP contribution in [0.2, 0.25) is 0 Å². The molecule has 2 aromatic heterocycles. The number of anilines is 3. The fraction of sp³-hybridized carbons (Fsp3) is 0.136. The normalized spacial score (nSPS) is 12.4. The van der Waals surface area contributed by atoms with E-state index in [1.165, 1.54) is 0 Å². The smallest absolute Gasteiger partial charge is 0.231 e. The van der Waals surface area contributed by atoms with Gasteiger partial charge in [0.25, 0.3) is 0 Å². The first kappa shape index (κ1) is 16.5. The SMILES string of the molecule is CN(C)c1cccc(Nc2nccn3c(-c4ccc5c(c4)OCO5)ccc23)c1. The van der Waals surface area contributed by atoms with Crippen molar-refractivity contribution in [2.45, 2.75) is 0 Å². The van der Waals surface area contributed by atoms with E-state index in [4.69, 9.17) is 9.47 Å². The second-order valence-electron chi connectivity index (χ2n) is 6.89. The van der Waals surface area contributed by atoms with Crippen LogP contribution in [-0.4, -0.2) is 30.3 Å². The van der Waals surface area contributed by atoms with Gasteiger partial charge in [0, 0.05) is 43.4 Å². The van der Waals surface area contributed by atoms with Crippen LogP contribution in [0.4, 0.5) is 17.2 Å². The number of nitrogens with one attached hydrogen (secondary N) is 1. The number of hydrogen-bond donors (Lipinski definition) is 1. The fourth-order valence-corrected chi connectivity index (χ4v) is 3.43. The summed E-state index contributed by atoms with van der Waals surface area (Å²) in [6.45, 7) is 0.275. The number of fused-ring (bicyclic) bond motifs is 2. The molecule has 0 unspecified atom stereocenters. The molecule has 0 atom stereocenters. The van der Waals surface area contributed by atoms with Crippen molar-refractivity contribution in [2.75, 3.05) is 31.1 Å². The predicted molar refractivity (Wildman–Crippen MR) is 111 cm³/mol. The van der Waals surface area contributed by atoms with Gasteiger partial charge in [-0.2, -0.15) is 0 Å². The molecule has 0 saturated heterocycles. The van der Waals surface area contributed by atoms with E-state index < -0.39 is 0 Å². The van der Waals surface area contributed by atoms with E-state index in [2.05, 4.69) is 43.9 Å². The van der Waals surface area contributed by atoms with Gasteiger partial charge in [0.1, 0.15) is 0 Å². The van der Waals surface area contributed by atoms with Gasteiger partial charge in [-0.1, -0.05) is 6.07 Å². The van der Waals surface area contributed by atoms with Crippen molar-refractivity contribution in [1.82, 2.24) is 9.38 Å². The topological polar surface area (TPSA) is 51.0 Å². The van der Waals surface area contributed by atoms with E-state index in [0.717, 1.165) is 45.5 Å². The number of benzene rings is 2. The van der Waals surface area contributed by atoms with Crippen molar-refractivity contribution in [2.24, 2.45) is 0 Å². The van der Waals surface area contributed by atoms with Crippen molar-refractivity contribution in [1.29, 1.82) is 0 Å². The van der Waals surface area contributed by atoms with Crippen LogP contribution in [0.5, 0.6) is 11.5 Å². The molecule has 140 valence electrons. The molecule has 0 fully saturated rings. The Hall–Kier alpha value is -3.67. The monoisotopic (exact) mass is 372 g/mol. The van der Waals surface area contributed by atoms with Gasteiger partial charge in [0.15, 0.2) is 17.3 Å². The lowest BCUT2D eigenvalue weighted by Crippen LogP contribution is -2.08. The van der Waals surface area contributed by atoms with Crippen LogP contribution in [0.25, 0.3) is 16.8 Å². The molecule has 0 amide bonds. The molecule has 2 aromatic carbocycles. The zero-order chi connectivity index (χ0) is 19.1. The summed E-state index contributed by atoms with van der Waals surface area (Å²) in [6.07, 6.45) is 3.78. The maximum absolute atomic E-state index is 5.52. The van der Waals surface area contributed by atoms with Crippen LogP contribution in [0.15, 0.2) is 67.0 Å². The Bertz CT molecular complexity index is 1170. The molecule has 0 bridgehead atoms. The highest BCUT2D eigenvalue weighted by Gasteiger charge is 2.16. The van der Waals surface area contributed by atoms with Gasteiger partial charge in [0.05, 0.1) is 11.2 Å². The number of rotatable bonds is 4. The number of hydrogen-bond acceptors (Lipinski definition) is 5. The molecule has 5 rings (SSSR count). The molecule has 1 N–H and O–H groups in total. The standard InChI is InChI=1S/C22H20N4O2/c1-25(2)17-5-3-4-16(13-17)24-22-19-8-7-18(26(19)11-10-23-22)15-6-9-20-21(12-15)28-14-27-20/h3-13H,14H2,1-2H3,(H,23,24). The lowest BCUT2D eigenvalue weighted by molar-refractivity contribution is 0.174. The molecule has 6 heteroatoms. The molecule has 1 aliphatic heterocycles. The quantitative estimate of drug-likeness (QED) is 0.570. The van der Waals surface area contributed by atoms with Crippen molar-refractivity contribution >= 4 is 22.7 Å². The Morgan fingerprint density at radius 1 is 1.00 bits per heavy atom. The summed E-state index contributed by atoms with van der Waals surface area (Å²) in [5.74, 6) is 2.38.